The molecule has 2 aliphatic rings. The van der Waals surface area contributed by atoms with Crippen molar-refractivity contribution < 1.29 is 62.9 Å². The van der Waals surface area contributed by atoms with Crippen LogP contribution in [-0.4, -0.2) is 110 Å². The van der Waals surface area contributed by atoms with Crippen molar-refractivity contribution >= 4 is 17.9 Å². The van der Waals surface area contributed by atoms with Crippen LogP contribution in [0.2, 0.25) is 0 Å². The van der Waals surface area contributed by atoms with E-state index in [1.165, 1.54) is 0 Å². The molecule has 0 radical (unpaired) electrons. The van der Waals surface area contributed by atoms with E-state index in [0.29, 0.717) is 79.4 Å². The largest absolute Gasteiger partial charge is 0.481 e. The van der Waals surface area contributed by atoms with E-state index in [1.54, 1.807) is 12.1 Å². The van der Waals surface area contributed by atoms with Crippen LogP contribution >= 0.6 is 0 Å². The van der Waals surface area contributed by atoms with E-state index in [-0.39, 0.29) is 36.8 Å². The van der Waals surface area contributed by atoms with Crippen LogP contribution in [-0.2, 0) is 46.5 Å². The molecule has 5 rings (SSSR count). The summed E-state index contributed by atoms with van der Waals surface area (Å²) in [6.07, 6.45) is -0.386. The highest BCUT2D eigenvalue weighted by Crippen LogP contribution is 2.48. The second kappa shape index (κ2) is 17.5. The van der Waals surface area contributed by atoms with Crippen molar-refractivity contribution in [3.63, 3.8) is 0 Å². The number of nitrogens with zero attached hydrogens (tertiary/aromatic N) is 1. The Balaban J connectivity index is 1.72. The lowest BCUT2D eigenvalue weighted by Gasteiger charge is -2.26. The molecule has 0 atom stereocenters. The third-order valence-corrected chi connectivity index (χ3v) is 8.17. The number of aliphatic carboxylic acids is 3. The van der Waals surface area contributed by atoms with E-state index >= 15 is 0 Å². The van der Waals surface area contributed by atoms with Crippen LogP contribution < -0.4 is 14.2 Å². The van der Waals surface area contributed by atoms with Crippen molar-refractivity contribution in [3.05, 3.63) is 64.2 Å². The lowest BCUT2D eigenvalue weighted by atomic mass is 9.90. The van der Waals surface area contributed by atoms with Crippen LogP contribution in [0.4, 0.5) is 0 Å². The minimum atomic E-state index is -1.22. The summed E-state index contributed by atoms with van der Waals surface area (Å²) in [6.45, 7) is 6.94. The summed E-state index contributed by atoms with van der Waals surface area (Å²) in [7, 11) is 0. The van der Waals surface area contributed by atoms with E-state index < -0.39 is 37.7 Å². The first-order valence-electron chi connectivity index (χ1n) is 16.6. The first-order valence-corrected chi connectivity index (χ1v) is 16.6. The summed E-state index contributed by atoms with van der Waals surface area (Å²) < 4.78 is 41.6. The third-order valence-electron chi connectivity index (χ3n) is 8.17. The molecule has 3 aromatic rings. The predicted molar refractivity (Wildman–Crippen MR) is 182 cm³/mol. The third kappa shape index (κ3) is 10.2. The van der Waals surface area contributed by atoms with Gasteiger partial charge in [-0.2, -0.15) is 0 Å². The maximum absolute atomic E-state index is 11.9. The quantitative estimate of drug-likeness (QED) is 0.259. The standard InChI is InChI=1S/C37H43NO13/c1-22-10-25-17-45-6-4-38(16-34-47-8-9-48-34)5-7-46-18-26-11-23(2)13-28(36(26)50-20-32(41)42)30-15-24(3)14-29(37(30)51-21-33(43)44)27(12-22)35(25)49-19-31(39)40/h10-15,34H,4-9,16-21H2,1-3H3,(H,39,40)(H,41,42)(H,43,44). The molecule has 0 aliphatic carbocycles. The van der Waals surface area contributed by atoms with Gasteiger partial charge in [0.1, 0.15) is 17.2 Å². The molecule has 51 heavy (non-hydrogen) atoms. The van der Waals surface area contributed by atoms with Crippen molar-refractivity contribution in [2.75, 3.05) is 65.9 Å². The number of rotatable bonds is 11. The number of carboxylic acids is 3. The molecule has 0 spiro atoms. The van der Waals surface area contributed by atoms with Crippen molar-refractivity contribution in [2.45, 2.75) is 40.3 Å². The highest BCUT2D eigenvalue weighted by atomic mass is 16.7. The van der Waals surface area contributed by atoms with Gasteiger partial charge in [-0.3, -0.25) is 4.90 Å². The van der Waals surface area contributed by atoms with Crippen LogP contribution in [0.5, 0.6) is 17.2 Å². The van der Waals surface area contributed by atoms with Gasteiger partial charge in [-0.25, -0.2) is 14.4 Å². The molecule has 1 saturated heterocycles. The van der Waals surface area contributed by atoms with Gasteiger partial charge in [0.2, 0.25) is 0 Å². The lowest BCUT2D eigenvalue weighted by Crippen LogP contribution is -2.37. The van der Waals surface area contributed by atoms with Crippen LogP contribution in [0.1, 0.15) is 27.8 Å². The Kier molecular flexibility index (Phi) is 12.9. The van der Waals surface area contributed by atoms with Crippen molar-refractivity contribution in [3.8, 4) is 39.5 Å². The Morgan fingerprint density at radius 3 is 1.39 bits per heavy atom. The second-order valence-corrected chi connectivity index (χ2v) is 12.4. The number of carboxylic acid groups (broad SMARTS) is 3. The number of fused-ring (bicyclic) bond motifs is 8. The van der Waals surface area contributed by atoms with E-state index in [4.69, 9.17) is 33.2 Å². The Morgan fingerprint density at radius 1 is 0.608 bits per heavy atom. The Labute approximate surface area is 295 Å². The van der Waals surface area contributed by atoms with E-state index in [9.17, 15) is 29.7 Å². The van der Waals surface area contributed by atoms with Gasteiger partial charge in [0.15, 0.2) is 26.1 Å². The summed E-state index contributed by atoms with van der Waals surface area (Å²) in [5.74, 6) is -2.94. The van der Waals surface area contributed by atoms with Crippen molar-refractivity contribution in [1.29, 1.82) is 0 Å². The van der Waals surface area contributed by atoms with Crippen LogP contribution in [0.3, 0.4) is 0 Å². The van der Waals surface area contributed by atoms with Crippen LogP contribution in [0, 0.1) is 20.8 Å². The first kappa shape index (κ1) is 37.5. The summed E-state index contributed by atoms with van der Waals surface area (Å²) in [4.78, 5) is 37.5. The van der Waals surface area contributed by atoms with E-state index in [2.05, 4.69) is 4.90 Å². The molecular weight excluding hydrogens is 666 g/mol. The molecule has 0 saturated carbocycles. The smallest absolute Gasteiger partial charge is 0.341 e. The van der Waals surface area contributed by atoms with Gasteiger partial charge in [0.05, 0.1) is 39.6 Å². The average molecular weight is 710 g/mol. The van der Waals surface area contributed by atoms with Gasteiger partial charge in [-0.15, -0.1) is 0 Å². The van der Waals surface area contributed by atoms with Gasteiger partial charge < -0.3 is 48.5 Å². The van der Waals surface area contributed by atoms with Crippen molar-refractivity contribution in [1.82, 2.24) is 4.90 Å². The molecular formula is C37H43NO13. The maximum Gasteiger partial charge on any atom is 0.341 e. The molecule has 3 aromatic carbocycles. The minimum absolute atomic E-state index is 0.0861. The zero-order chi connectivity index (χ0) is 36.5. The normalized spacial score (nSPS) is 15.8. The Morgan fingerprint density at radius 2 is 0.980 bits per heavy atom. The zero-order valence-electron chi connectivity index (χ0n) is 28.9. The minimum Gasteiger partial charge on any atom is -0.481 e. The molecule has 2 aliphatic heterocycles. The fourth-order valence-electron chi connectivity index (χ4n) is 6.15. The summed E-state index contributed by atoms with van der Waals surface area (Å²) in [5, 5.41) is 28.9. The van der Waals surface area contributed by atoms with E-state index in [1.807, 2.05) is 45.0 Å². The van der Waals surface area contributed by atoms with Gasteiger partial charge in [-0.1, -0.05) is 12.1 Å². The fraction of sp³-hybridized carbons (Fsp3) is 0.432. The topological polar surface area (TPSA) is 180 Å². The van der Waals surface area contributed by atoms with Gasteiger partial charge in [-0.05, 0) is 61.7 Å². The van der Waals surface area contributed by atoms with Gasteiger partial charge in [0.25, 0.3) is 0 Å². The Bertz CT molecular complexity index is 1630. The van der Waals surface area contributed by atoms with Gasteiger partial charge in [0, 0.05) is 53.0 Å². The molecule has 3 N–H and O–H groups in total. The van der Waals surface area contributed by atoms with Crippen LogP contribution in [0.15, 0.2) is 36.4 Å². The molecule has 0 amide bonds. The molecule has 274 valence electrons. The zero-order valence-corrected chi connectivity index (χ0v) is 28.9. The lowest BCUT2D eigenvalue weighted by molar-refractivity contribution is -0.140. The molecule has 1 fully saturated rings. The van der Waals surface area contributed by atoms with E-state index in [0.717, 1.165) is 16.7 Å². The SMILES string of the molecule is Cc1cc2c(OCC(=O)O)c(c1)-c1cc(C)cc(c1OCC(=O)O)-c1cc(C)cc(c1OCC(=O)O)COCCN(CC1OCCO1)CCOC2. The number of benzene rings is 3. The fourth-order valence-corrected chi connectivity index (χ4v) is 6.15. The summed E-state index contributed by atoms with van der Waals surface area (Å²) in [5.41, 5.74) is 5.33. The number of ether oxygens (including phenoxy) is 7. The molecule has 2 heterocycles. The number of carbonyl (C=O) groups is 3. The monoisotopic (exact) mass is 709 g/mol. The number of hydrogen-bond acceptors (Lipinski definition) is 11. The van der Waals surface area contributed by atoms with Gasteiger partial charge >= 0.3 is 17.9 Å². The number of hydrogen-bond donors (Lipinski definition) is 3. The molecule has 6 bridgehead atoms. The maximum atomic E-state index is 11.9. The molecule has 0 aromatic heterocycles. The molecule has 0 unspecified atom stereocenters. The predicted octanol–water partition coefficient (Wildman–Crippen LogP) is 4.06. The number of aryl methyl sites for hydroxylation is 3. The average Bonchev–Trinajstić information content (AvgIpc) is 3.58. The highest BCUT2D eigenvalue weighted by molar-refractivity contribution is 5.89. The first-order chi connectivity index (χ1) is 24.5. The van der Waals surface area contributed by atoms with Crippen molar-refractivity contribution in [2.24, 2.45) is 0 Å². The molecule has 14 nitrogen and oxygen atoms in total. The second-order valence-electron chi connectivity index (χ2n) is 12.4. The molecule has 14 heteroatoms. The summed E-state index contributed by atoms with van der Waals surface area (Å²) >= 11 is 0. The Hall–Kier alpha value is -4.73. The summed E-state index contributed by atoms with van der Waals surface area (Å²) in [6, 6.07) is 10.9. The highest BCUT2D eigenvalue weighted by Gasteiger charge is 2.26. The van der Waals surface area contributed by atoms with Crippen LogP contribution in [0.25, 0.3) is 22.3 Å².